The largest absolute Gasteiger partial charge is 0.382 e. The molecule has 3 N–H and O–H groups in total. The van der Waals surface area contributed by atoms with E-state index in [1.165, 1.54) is 38.5 Å². The molecule has 1 saturated carbocycles. The Morgan fingerprint density at radius 2 is 1.94 bits per heavy atom. The van der Waals surface area contributed by atoms with Crippen LogP contribution >= 0.6 is 0 Å². The fourth-order valence-electron chi connectivity index (χ4n) is 2.61. The highest BCUT2D eigenvalue weighted by atomic mass is 15.1. The van der Waals surface area contributed by atoms with Gasteiger partial charge in [0.15, 0.2) is 0 Å². The predicted molar refractivity (Wildman–Crippen MR) is 75.1 cm³/mol. The minimum absolute atomic E-state index is 0.0265. The van der Waals surface area contributed by atoms with Crippen LogP contribution in [0.15, 0.2) is 18.3 Å². The lowest BCUT2D eigenvalue weighted by atomic mass is 10.1. The van der Waals surface area contributed by atoms with E-state index in [-0.39, 0.29) is 5.84 Å². The molecule has 98 valence electrons. The summed E-state index contributed by atoms with van der Waals surface area (Å²) in [5, 5.41) is 7.34. The molecular formula is C14H22N4. The minimum Gasteiger partial charge on any atom is -0.382 e. The van der Waals surface area contributed by atoms with Crippen molar-refractivity contribution >= 4 is 11.5 Å². The number of nitrogens with two attached hydrogens (primary N) is 1. The Bertz CT molecular complexity index is 391. The van der Waals surface area contributed by atoms with Crippen LogP contribution < -0.4 is 10.6 Å². The molecule has 1 fully saturated rings. The van der Waals surface area contributed by atoms with Crippen LogP contribution in [0.1, 0.15) is 44.2 Å². The lowest BCUT2D eigenvalue weighted by Crippen LogP contribution is -2.31. The molecule has 0 aliphatic heterocycles. The van der Waals surface area contributed by atoms with Gasteiger partial charge in [-0.1, -0.05) is 25.7 Å². The quantitative estimate of drug-likeness (QED) is 0.489. The molecule has 0 unspecified atom stereocenters. The molecule has 1 aromatic heterocycles. The highest BCUT2D eigenvalue weighted by molar-refractivity contribution is 5.93. The van der Waals surface area contributed by atoms with Crippen LogP contribution in [-0.2, 0) is 0 Å². The van der Waals surface area contributed by atoms with E-state index in [0.717, 1.165) is 5.69 Å². The molecule has 1 aliphatic carbocycles. The van der Waals surface area contributed by atoms with Gasteiger partial charge in [0.25, 0.3) is 0 Å². The number of anilines is 1. The van der Waals surface area contributed by atoms with E-state index in [4.69, 9.17) is 11.1 Å². The SMILES string of the molecule is CN(c1ccc(C(=N)N)nc1)C1CCCCCC1. The molecule has 1 aliphatic rings. The van der Waals surface area contributed by atoms with Crippen molar-refractivity contribution in [2.45, 2.75) is 44.6 Å². The van der Waals surface area contributed by atoms with Crippen molar-refractivity contribution in [3.8, 4) is 0 Å². The molecule has 4 nitrogen and oxygen atoms in total. The molecule has 0 atom stereocenters. The first kappa shape index (κ1) is 12.9. The maximum Gasteiger partial charge on any atom is 0.141 e. The Hall–Kier alpha value is -1.58. The molecule has 0 radical (unpaired) electrons. The minimum atomic E-state index is 0.0265. The first-order valence-electron chi connectivity index (χ1n) is 6.72. The zero-order valence-corrected chi connectivity index (χ0v) is 11.0. The lowest BCUT2D eigenvalue weighted by molar-refractivity contribution is 0.552. The van der Waals surface area contributed by atoms with Gasteiger partial charge in [-0.2, -0.15) is 0 Å². The van der Waals surface area contributed by atoms with E-state index < -0.39 is 0 Å². The number of nitrogen functional groups attached to an aromatic ring is 1. The molecule has 1 aromatic rings. The number of pyridine rings is 1. The Kier molecular flexibility index (Phi) is 4.18. The summed E-state index contributed by atoms with van der Waals surface area (Å²) >= 11 is 0. The van der Waals surface area contributed by atoms with Crippen molar-refractivity contribution in [2.24, 2.45) is 5.73 Å². The third-order valence-electron chi connectivity index (χ3n) is 3.80. The Morgan fingerprint density at radius 1 is 1.28 bits per heavy atom. The Labute approximate surface area is 109 Å². The topological polar surface area (TPSA) is 66.0 Å². The van der Waals surface area contributed by atoms with Gasteiger partial charge in [-0.15, -0.1) is 0 Å². The second-order valence-corrected chi connectivity index (χ2v) is 5.07. The van der Waals surface area contributed by atoms with Crippen LogP contribution in [0.2, 0.25) is 0 Å². The zero-order valence-electron chi connectivity index (χ0n) is 11.0. The summed E-state index contributed by atoms with van der Waals surface area (Å²) in [4.78, 5) is 6.55. The molecule has 1 heterocycles. The smallest absolute Gasteiger partial charge is 0.141 e. The van der Waals surface area contributed by atoms with E-state index in [0.29, 0.717) is 11.7 Å². The van der Waals surface area contributed by atoms with Crippen LogP contribution in [0.25, 0.3) is 0 Å². The molecule has 18 heavy (non-hydrogen) atoms. The third-order valence-corrected chi connectivity index (χ3v) is 3.80. The average molecular weight is 246 g/mol. The van der Waals surface area contributed by atoms with Gasteiger partial charge in [-0.3, -0.25) is 10.4 Å². The van der Waals surface area contributed by atoms with Crippen LogP contribution in [0.4, 0.5) is 5.69 Å². The van der Waals surface area contributed by atoms with E-state index in [1.54, 1.807) is 0 Å². The standard InChI is InChI=1S/C14H22N4/c1-18(11-6-4-2-3-5-7-11)12-8-9-13(14(15)16)17-10-12/h8-11H,2-7H2,1H3,(H3,15,16). The summed E-state index contributed by atoms with van der Waals surface area (Å²) in [6.07, 6.45) is 9.75. The predicted octanol–water partition coefficient (Wildman–Crippen LogP) is 2.52. The Balaban J connectivity index is 2.07. The number of amidine groups is 1. The van der Waals surface area contributed by atoms with Crippen LogP contribution in [0.5, 0.6) is 0 Å². The van der Waals surface area contributed by atoms with Crippen LogP contribution in [0.3, 0.4) is 0 Å². The van der Waals surface area contributed by atoms with Crippen molar-refractivity contribution < 1.29 is 0 Å². The second-order valence-electron chi connectivity index (χ2n) is 5.07. The van der Waals surface area contributed by atoms with Gasteiger partial charge >= 0.3 is 0 Å². The monoisotopic (exact) mass is 246 g/mol. The summed E-state index contributed by atoms with van der Waals surface area (Å²) in [5.41, 5.74) is 7.08. The Morgan fingerprint density at radius 3 is 2.44 bits per heavy atom. The first-order valence-corrected chi connectivity index (χ1v) is 6.72. The zero-order chi connectivity index (χ0) is 13.0. The number of rotatable bonds is 3. The number of hydrogen-bond acceptors (Lipinski definition) is 3. The average Bonchev–Trinajstić information content (AvgIpc) is 2.67. The van der Waals surface area contributed by atoms with Gasteiger partial charge in [-0.25, -0.2) is 0 Å². The summed E-state index contributed by atoms with van der Waals surface area (Å²) in [6.45, 7) is 0. The van der Waals surface area contributed by atoms with E-state index in [1.807, 2.05) is 18.3 Å². The molecule has 0 saturated heterocycles. The molecule has 0 spiro atoms. The summed E-state index contributed by atoms with van der Waals surface area (Å²) in [6, 6.07) is 4.46. The summed E-state index contributed by atoms with van der Waals surface area (Å²) in [5.74, 6) is 0.0265. The second kappa shape index (κ2) is 5.85. The van der Waals surface area contributed by atoms with Crippen molar-refractivity contribution in [1.82, 2.24) is 4.98 Å². The lowest BCUT2D eigenvalue weighted by Gasteiger charge is -2.29. The van der Waals surface area contributed by atoms with Crippen molar-refractivity contribution in [1.29, 1.82) is 5.41 Å². The normalized spacial score (nSPS) is 17.2. The highest BCUT2D eigenvalue weighted by Gasteiger charge is 2.17. The van der Waals surface area contributed by atoms with Gasteiger partial charge in [-0.05, 0) is 25.0 Å². The van der Waals surface area contributed by atoms with Gasteiger partial charge in [0.2, 0.25) is 0 Å². The molecule has 4 heteroatoms. The van der Waals surface area contributed by atoms with E-state index in [9.17, 15) is 0 Å². The highest BCUT2D eigenvalue weighted by Crippen LogP contribution is 2.24. The summed E-state index contributed by atoms with van der Waals surface area (Å²) < 4.78 is 0. The molecule has 2 rings (SSSR count). The third kappa shape index (κ3) is 3.00. The number of nitrogens with one attached hydrogen (secondary N) is 1. The fraction of sp³-hybridized carbons (Fsp3) is 0.571. The van der Waals surface area contributed by atoms with Gasteiger partial charge in [0.05, 0.1) is 11.9 Å². The van der Waals surface area contributed by atoms with Crippen molar-refractivity contribution in [2.75, 3.05) is 11.9 Å². The van der Waals surface area contributed by atoms with E-state index >= 15 is 0 Å². The van der Waals surface area contributed by atoms with Gasteiger partial charge < -0.3 is 10.6 Å². The summed E-state index contributed by atoms with van der Waals surface area (Å²) in [7, 11) is 2.14. The van der Waals surface area contributed by atoms with Gasteiger partial charge in [0.1, 0.15) is 11.5 Å². The maximum atomic E-state index is 7.34. The fourth-order valence-corrected chi connectivity index (χ4v) is 2.61. The molecular weight excluding hydrogens is 224 g/mol. The molecule has 0 aromatic carbocycles. The van der Waals surface area contributed by atoms with Gasteiger partial charge in [0, 0.05) is 13.1 Å². The number of nitrogens with zero attached hydrogens (tertiary/aromatic N) is 2. The van der Waals surface area contributed by atoms with Crippen molar-refractivity contribution in [3.05, 3.63) is 24.0 Å². The number of hydrogen-bond donors (Lipinski definition) is 2. The van der Waals surface area contributed by atoms with Crippen molar-refractivity contribution in [3.63, 3.8) is 0 Å². The first-order chi connectivity index (χ1) is 8.68. The van der Waals surface area contributed by atoms with E-state index in [2.05, 4.69) is 16.9 Å². The number of aromatic nitrogens is 1. The van der Waals surface area contributed by atoms with Crippen LogP contribution in [0, 0.1) is 5.41 Å². The molecule has 0 bridgehead atoms. The molecule has 0 amide bonds. The maximum absolute atomic E-state index is 7.34. The van der Waals surface area contributed by atoms with Crippen LogP contribution in [-0.4, -0.2) is 23.9 Å².